The maximum absolute atomic E-state index is 15.2. The van der Waals surface area contributed by atoms with Crippen LogP contribution in [0.2, 0.25) is 0 Å². The monoisotopic (exact) mass is 589 g/mol. The Bertz CT molecular complexity index is 1900. The number of carbonyl (C=O) groups excluding carboxylic acids is 1. The zero-order valence-corrected chi connectivity index (χ0v) is 24.2. The molecule has 1 aliphatic carbocycles. The first-order chi connectivity index (χ1) is 21.6. The highest BCUT2D eigenvalue weighted by atomic mass is 19.1. The smallest absolute Gasteiger partial charge is 0.245 e. The molecule has 3 aliphatic rings. The molecule has 1 saturated carbocycles. The van der Waals surface area contributed by atoms with Gasteiger partial charge in [-0.15, -0.1) is 0 Å². The first kappa shape index (κ1) is 26.8. The number of likely N-dealkylation sites (tertiary alicyclic amines) is 1. The Balaban J connectivity index is 1.14. The van der Waals surface area contributed by atoms with Crippen LogP contribution in [0.15, 0.2) is 79.5 Å². The van der Waals surface area contributed by atoms with Crippen molar-refractivity contribution in [3.05, 3.63) is 96.6 Å². The highest BCUT2D eigenvalue weighted by Crippen LogP contribution is 2.40. The fourth-order valence-corrected chi connectivity index (χ4v) is 6.36. The number of fused-ring (bicyclic) bond motifs is 2. The van der Waals surface area contributed by atoms with Gasteiger partial charge >= 0.3 is 0 Å². The van der Waals surface area contributed by atoms with E-state index in [1.807, 2.05) is 46.0 Å². The average Bonchev–Trinajstić information content (AvgIpc) is 3.47. The number of nitrogens with zero attached hydrogens (tertiary/aromatic N) is 6. The SMILES string of the molecule is C=CC(=O)N1CCC(N[C@H]2COc3cc(-n4c(-c5ccccc5F)nc5ccc(-n6ccc(C7CC7)n6)nc54)ccc32)CC1. The van der Waals surface area contributed by atoms with Crippen molar-refractivity contribution in [2.45, 2.75) is 43.7 Å². The van der Waals surface area contributed by atoms with Crippen LogP contribution >= 0.6 is 0 Å². The van der Waals surface area contributed by atoms with Gasteiger partial charge < -0.3 is 15.0 Å². The van der Waals surface area contributed by atoms with Crippen molar-refractivity contribution in [2.75, 3.05) is 19.7 Å². The number of imidazole rings is 1. The van der Waals surface area contributed by atoms with E-state index in [4.69, 9.17) is 19.8 Å². The summed E-state index contributed by atoms with van der Waals surface area (Å²) < 4.78 is 25.1. The number of halogens is 1. The van der Waals surface area contributed by atoms with E-state index in [2.05, 4.69) is 24.0 Å². The first-order valence-electron chi connectivity index (χ1n) is 15.2. The molecule has 5 heterocycles. The van der Waals surface area contributed by atoms with E-state index in [9.17, 15) is 4.79 Å². The van der Waals surface area contributed by atoms with E-state index in [1.165, 1.54) is 25.0 Å². The Kier molecular flexibility index (Phi) is 6.52. The Morgan fingerprint density at radius 2 is 1.86 bits per heavy atom. The molecule has 2 aliphatic heterocycles. The predicted octanol–water partition coefficient (Wildman–Crippen LogP) is 5.49. The minimum absolute atomic E-state index is 0.0125. The molecule has 0 spiro atoms. The van der Waals surface area contributed by atoms with Gasteiger partial charge in [0.2, 0.25) is 5.91 Å². The van der Waals surface area contributed by atoms with Gasteiger partial charge in [-0.25, -0.2) is 19.0 Å². The topological polar surface area (TPSA) is 90.1 Å². The molecule has 2 aromatic carbocycles. The van der Waals surface area contributed by atoms with Gasteiger partial charge in [-0.1, -0.05) is 24.8 Å². The zero-order chi connectivity index (χ0) is 29.8. The van der Waals surface area contributed by atoms with Gasteiger partial charge in [0.1, 0.15) is 29.5 Å². The third-order valence-electron chi connectivity index (χ3n) is 8.90. The number of benzene rings is 2. The molecule has 5 aromatic rings. The fourth-order valence-electron chi connectivity index (χ4n) is 6.36. The van der Waals surface area contributed by atoms with Gasteiger partial charge in [0, 0.05) is 42.9 Å². The predicted molar refractivity (Wildman–Crippen MR) is 165 cm³/mol. The molecule has 1 atom stereocenters. The van der Waals surface area contributed by atoms with Crippen LogP contribution in [0.5, 0.6) is 5.75 Å². The summed E-state index contributed by atoms with van der Waals surface area (Å²) in [5, 5.41) is 8.51. The highest BCUT2D eigenvalue weighted by Gasteiger charge is 2.30. The summed E-state index contributed by atoms with van der Waals surface area (Å²) in [5.41, 5.74) is 4.60. The zero-order valence-electron chi connectivity index (χ0n) is 24.2. The number of hydrogen-bond donors (Lipinski definition) is 1. The standard InChI is InChI=1S/C34H32FN7O2/c1-2-32(43)40-16-13-22(14-17-40)36-29-20-44-30-19-23(9-10-25(29)30)42-33(24-5-3-4-6-26(24)35)37-28-11-12-31(38-34(28)42)41-18-15-27(39-41)21-7-8-21/h2-6,9-12,15,18-19,21-22,29,36H,1,7-8,13-14,16-17,20H2/t29-/m0/s1. The summed E-state index contributed by atoms with van der Waals surface area (Å²) in [7, 11) is 0. The van der Waals surface area contributed by atoms with E-state index in [0.29, 0.717) is 60.0 Å². The number of nitrogens with one attached hydrogen (secondary N) is 1. The van der Waals surface area contributed by atoms with Crippen LogP contribution in [0.25, 0.3) is 34.1 Å². The van der Waals surface area contributed by atoms with Gasteiger partial charge in [-0.3, -0.25) is 9.36 Å². The number of aromatic nitrogens is 5. The number of piperidine rings is 1. The Morgan fingerprint density at radius 1 is 1.02 bits per heavy atom. The quantitative estimate of drug-likeness (QED) is 0.253. The fraction of sp³-hybridized carbons (Fsp3) is 0.294. The van der Waals surface area contributed by atoms with Crippen LogP contribution in [0.3, 0.4) is 0 Å². The van der Waals surface area contributed by atoms with E-state index in [-0.39, 0.29) is 17.8 Å². The second-order valence-corrected chi connectivity index (χ2v) is 11.8. The summed E-state index contributed by atoms with van der Waals surface area (Å²) >= 11 is 0. The van der Waals surface area contributed by atoms with Crippen LogP contribution in [0, 0.1) is 5.82 Å². The second-order valence-electron chi connectivity index (χ2n) is 11.8. The van der Waals surface area contributed by atoms with Crippen LogP contribution in [0.4, 0.5) is 4.39 Å². The Hall–Kier alpha value is -4.83. The normalized spacial score (nSPS) is 18.4. The van der Waals surface area contributed by atoms with Gasteiger partial charge in [0.15, 0.2) is 11.5 Å². The van der Waals surface area contributed by atoms with Crippen LogP contribution in [0.1, 0.15) is 48.9 Å². The molecule has 222 valence electrons. The summed E-state index contributed by atoms with van der Waals surface area (Å²) in [6, 6.07) is 18.9. The molecule has 9 nitrogen and oxygen atoms in total. The van der Waals surface area contributed by atoms with Crippen molar-refractivity contribution < 1.29 is 13.9 Å². The van der Waals surface area contributed by atoms with Crippen LogP contribution in [-0.4, -0.2) is 60.9 Å². The lowest BCUT2D eigenvalue weighted by Crippen LogP contribution is -2.45. The molecule has 10 heteroatoms. The molecule has 44 heavy (non-hydrogen) atoms. The second kappa shape index (κ2) is 10.7. The molecule has 1 saturated heterocycles. The molecular weight excluding hydrogens is 557 g/mol. The largest absolute Gasteiger partial charge is 0.491 e. The van der Waals surface area contributed by atoms with Crippen molar-refractivity contribution in [3.63, 3.8) is 0 Å². The number of amides is 1. The molecule has 0 bridgehead atoms. The van der Waals surface area contributed by atoms with E-state index < -0.39 is 0 Å². The third-order valence-corrected chi connectivity index (χ3v) is 8.90. The number of ether oxygens (including phenoxy) is 1. The molecule has 1 N–H and O–H groups in total. The number of rotatable bonds is 7. The van der Waals surface area contributed by atoms with Crippen molar-refractivity contribution in [3.8, 4) is 28.6 Å². The molecule has 3 aromatic heterocycles. The van der Waals surface area contributed by atoms with Gasteiger partial charge in [-0.2, -0.15) is 5.10 Å². The molecular formula is C34H32FN7O2. The Labute approximate surface area is 254 Å². The van der Waals surface area contributed by atoms with Crippen LogP contribution in [-0.2, 0) is 4.79 Å². The third kappa shape index (κ3) is 4.75. The average molecular weight is 590 g/mol. The van der Waals surface area contributed by atoms with Crippen molar-refractivity contribution >= 4 is 17.1 Å². The maximum atomic E-state index is 15.2. The first-order valence-corrected chi connectivity index (χ1v) is 15.2. The lowest BCUT2D eigenvalue weighted by Gasteiger charge is -2.33. The van der Waals surface area contributed by atoms with E-state index in [1.54, 1.807) is 16.8 Å². The van der Waals surface area contributed by atoms with Crippen LogP contribution < -0.4 is 10.1 Å². The summed E-state index contributed by atoms with van der Waals surface area (Å²) in [4.78, 5) is 23.7. The molecule has 2 fully saturated rings. The number of carbonyl (C=O) groups is 1. The lowest BCUT2D eigenvalue weighted by atomic mass is 10.0. The van der Waals surface area contributed by atoms with Gasteiger partial charge in [0.05, 0.1) is 23.0 Å². The van der Waals surface area contributed by atoms with Crippen molar-refractivity contribution in [1.82, 2.24) is 34.5 Å². The maximum Gasteiger partial charge on any atom is 0.245 e. The van der Waals surface area contributed by atoms with Crippen molar-refractivity contribution in [2.24, 2.45) is 0 Å². The van der Waals surface area contributed by atoms with Gasteiger partial charge in [0.25, 0.3) is 0 Å². The molecule has 0 unspecified atom stereocenters. The molecule has 0 radical (unpaired) electrons. The minimum Gasteiger partial charge on any atom is -0.491 e. The Morgan fingerprint density at radius 3 is 2.66 bits per heavy atom. The van der Waals surface area contributed by atoms with E-state index in [0.717, 1.165) is 35.5 Å². The minimum atomic E-state index is -0.354. The number of pyridine rings is 1. The van der Waals surface area contributed by atoms with Gasteiger partial charge in [-0.05, 0) is 68.2 Å². The summed E-state index contributed by atoms with van der Waals surface area (Å²) in [6.45, 7) is 5.54. The number of hydrogen-bond acceptors (Lipinski definition) is 6. The lowest BCUT2D eigenvalue weighted by molar-refractivity contribution is -0.127. The summed E-state index contributed by atoms with van der Waals surface area (Å²) in [5.74, 6) is 2.09. The van der Waals surface area contributed by atoms with E-state index >= 15 is 4.39 Å². The summed E-state index contributed by atoms with van der Waals surface area (Å²) in [6.07, 6.45) is 7.43. The molecule has 8 rings (SSSR count). The van der Waals surface area contributed by atoms with Crippen molar-refractivity contribution in [1.29, 1.82) is 0 Å². The molecule has 1 amide bonds. The highest BCUT2D eigenvalue weighted by molar-refractivity contribution is 5.87.